The minimum atomic E-state index is -1.13. The fourth-order valence-corrected chi connectivity index (χ4v) is 2.29. The number of nitrogens with one attached hydrogen (secondary N) is 1. The molecule has 2 rings (SSSR count). The molecular weight excluding hydrogens is 292 g/mol. The summed E-state index contributed by atoms with van der Waals surface area (Å²) < 4.78 is 5.39. The third-order valence-corrected chi connectivity index (χ3v) is 3.40. The van der Waals surface area contributed by atoms with E-state index in [1.807, 2.05) is 25.1 Å². The Labute approximate surface area is 125 Å². The summed E-state index contributed by atoms with van der Waals surface area (Å²) in [7, 11) is 0. The highest BCUT2D eigenvalue weighted by Gasteiger charge is 2.11. The van der Waals surface area contributed by atoms with Crippen LogP contribution in [0.3, 0.4) is 0 Å². The van der Waals surface area contributed by atoms with Crippen molar-refractivity contribution in [3.05, 3.63) is 40.9 Å². The molecule has 0 fully saturated rings. The normalized spacial score (nSPS) is 10.1. The Morgan fingerprint density at radius 2 is 2.24 bits per heavy atom. The smallest absolute Gasteiger partial charge is 0.355 e. The van der Waals surface area contributed by atoms with Gasteiger partial charge >= 0.3 is 5.97 Å². The molecular formula is C14H14N2O4S. The van der Waals surface area contributed by atoms with E-state index >= 15 is 0 Å². The minimum absolute atomic E-state index is 0.0909. The summed E-state index contributed by atoms with van der Waals surface area (Å²) in [6.07, 6.45) is 0.889. The van der Waals surface area contributed by atoms with Crippen molar-refractivity contribution in [3.63, 3.8) is 0 Å². The summed E-state index contributed by atoms with van der Waals surface area (Å²) in [6.45, 7) is 1.88. The van der Waals surface area contributed by atoms with Crippen LogP contribution < -0.4 is 10.1 Å². The maximum Gasteiger partial charge on any atom is 0.355 e. The Morgan fingerprint density at radius 3 is 2.90 bits per heavy atom. The number of rotatable bonds is 6. The number of hydrogen-bond donors (Lipinski definition) is 2. The van der Waals surface area contributed by atoms with Crippen molar-refractivity contribution in [2.45, 2.75) is 13.3 Å². The molecule has 0 saturated carbocycles. The third kappa shape index (κ3) is 4.28. The van der Waals surface area contributed by atoms with Gasteiger partial charge in [-0.2, -0.15) is 0 Å². The molecule has 6 nitrogen and oxygen atoms in total. The van der Waals surface area contributed by atoms with Gasteiger partial charge in [0.2, 0.25) is 0 Å². The molecule has 1 amide bonds. The molecule has 7 heteroatoms. The van der Waals surface area contributed by atoms with E-state index in [1.165, 1.54) is 5.38 Å². The maximum atomic E-state index is 11.7. The Kier molecular flexibility index (Phi) is 4.89. The highest BCUT2D eigenvalue weighted by atomic mass is 32.1. The molecule has 1 aromatic carbocycles. The lowest BCUT2D eigenvalue weighted by Gasteiger charge is -2.06. The zero-order valence-corrected chi connectivity index (χ0v) is 12.1. The van der Waals surface area contributed by atoms with Crippen molar-refractivity contribution in [1.82, 2.24) is 4.98 Å². The van der Waals surface area contributed by atoms with Crippen LogP contribution in [-0.4, -0.2) is 28.6 Å². The molecule has 2 aromatic rings. The summed E-state index contributed by atoms with van der Waals surface area (Å²) in [5.74, 6) is -0.891. The van der Waals surface area contributed by atoms with Crippen LogP contribution >= 0.6 is 11.3 Å². The summed E-state index contributed by atoms with van der Waals surface area (Å²) in [5, 5.41) is 12.8. The molecule has 0 aliphatic heterocycles. The third-order valence-electron chi connectivity index (χ3n) is 2.65. The predicted molar refractivity (Wildman–Crippen MR) is 79.0 cm³/mol. The van der Waals surface area contributed by atoms with Crippen LogP contribution in [0.2, 0.25) is 0 Å². The zero-order valence-electron chi connectivity index (χ0n) is 11.3. The van der Waals surface area contributed by atoms with Gasteiger partial charge in [0.1, 0.15) is 5.75 Å². The molecule has 0 spiro atoms. The lowest BCUT2D eigenvalue weighted by Crippen LogP contribution is -2.20. The van der Waals surface area contributed by atoms with E-state index in [4.69, 9.17) is 9.84 Å². The number of carboxylic acid groups (broad SMARTS) is 1. The number of ether oxygens (including phenoxy) is 1. The summed E-state index contributed by atoms with van der Waals surface area (Å²) in [6, 6.07) is 7.50. The first-order valence-corrected chi connectivity index (χ1v) is 7.17. The molecule has 0 atom stereocenters. The molecule has 21 heavy (non-hydrogen) atoms. The fourth-order valence-electron chi connectivity index (χ4n) is 1.59. The number of carbonyl (C=O) groups is 2. The molecule has 0 bridgehead atoms. The molecule has 0 saturated heterocycles. The number of aryl methyl sites for hydroxylation is 1. The number of anilines is 1. The average molecular weight is 306 g/mol. The number of carboxylic acids is 1. The molecule has 0 aliphatic rings. The first kappa shape index (κ1) is 15.0. The van der Waals surface area contributed by atoms with Crippen LogP contribution in [0.5, 0.6) is 5.75 Å². The van der Waals surface area contributed by atoms with E-state index in [9.17, 15) is 9.59 Å². The second kappa shape index (κ2) is 6.85. The number of benzene rings is 1. The van der Waals surface area contributed by atoms with Gasteiger partial charge in [-0.05, 0) is 24.1 Å². The summed E-state index contributed by atoms with van der Waals surface area (Å²) in [5.41, 5.74) is 1.03. The van der Waals surface area contributed by atoms with Gasteiger partial charge in [-0.1, -0.05) is 19.1 Å². The van der Waals surface area contributed by atoms with Crippen LogP contribution in [0.1, 0.15) is 23.0 Å². The standard InChI is InChI=1S/C14H14N2O4S/c1-2-9-4-3-5-10(6-9)20-7-12(17)16-14-15-11(8-21-14)13(18)19/h3-6,8H,2,7H2,1H3,(H,18,19)(H,15,16,17). The highest BCUT2D eigenvalue weighted by molar-refractivity contribution is 7.14. The number of thiazole rings is 1. The van der Waals surface area contributed by atoms with Crippen molar-refractivity contribution in [1.29, 1.82) is 0 Å². The SMILES string of the molecule is CCc1cccc(OCC(=O)Nc2nc(C(=O)O)cs2)c1. The van der Waals surface area contributed by atoms with E-state index in [0.717, 1.165) is 23.3 Å². The predicted octanol–water partition coefficient (Wildman–Crippen LogP) is 2.42. The van der Waals surface area contributed by atoms with E-state index in [0.29, 0.717) is 5.75 Å². The van der Waals surface area contributed by atoms with Gasteiger partial charge < -0.3 is 9.84 Å². The van der Waals surface area contributed by atoms with Gasteiger partial charge in [0, 0.05) is 5.38 Å². The molecule has 0 radical (unpaired) electrons. The van der Waals surface area contributed by atoms with E-state index in [-0.39, 0.29) is 23.3 Å². The molecule has 1 heterocycles. The number of hydrogen-bond acceptors (Lipinski definition) is 5. The van der Waals surface area contributed by atoms with Crippen LogP contribution in [0.15, 0.2) is 29.6 Å². The van der Waals surface area contributed by atoms with Gasteiger partial charge in [0.15, 0.2) is 17.4 Å². The van der Waals surface area contributed by atoms with Crippen molar-refractivity contribution in [2.24, 2.45) is 0 Å². The van der Waals surface area contributed by atoms with Crippen molar-refractivity contribution in [2.75, 3.05) is 11.9 Å². The minimum Gasteiger partial charge on any atom is -0.484 e. The molecule has 110 valence electrons. The van der Waals surface area contributed by atoms with Crippen molar-refractivity contribution < 1.29 is 19.4 Å². The number of amides is 1. The van der Waals surface area contributed by atoms with Gasteiger partial charge in [0.05, 0.1) is 0 Å². The largest absolute Gasteiger partial charge is 0.484 e. The van der Waals surface area contributed by atoms with Crippen LogP contribution in [0, 0.1) is 0 Å². The van der Waals surface area contributed by atoms with E-state index < -0.39 is 5.97 Å². The van der Waals surface area contributed by atoms with Gasteiger partial charge in [0.25, 0.3) is 5.91 Å². The van der Waals surface area contributed by atoms with E-state index in [2.05, 4.69) is 10.3 Å². The van der Waals surface area contributed by atoms with E-state index in [1.54, 1.807) is 6.07 Å². The van der Waals surface area contributed by atoms with Crippen LogP contribution in [-0.2, 0) is 11.2 Å². The topological polar surface area (TPSA) is 88.5 Å². The van der Waals surface area contributed by atoms with Crippen molar-refractivity contribution >= 4 is 28.3 Å². The summed E-state index contributed by atoms with van der Waals surface area (Å²) >= 11 is 1.05. The summed E-state index contributed by atoms with van der Waals surface area (Å²) in [4.78, 5) is 26.1. The molecule has 0 unspecified atom stereocenters. The number of nitrogens with zero attached hydrogens (tertiary/aromatic N) is 1. The Hall–Kier alpha value is -2.41. The van der Waals surface area contributed by atoms with Crippen LogP contribution in [0.25, 0.3) is 0 Å². The lowest BCUT2D eigenvalue weighted by molar-refractivity contribution is -0.118. The fraction of sp³-hybridized carbons (Fsp3) is 0.214. The first-order chi connectivity index (χ1) is 10.1. The Balaban J connectivity index is 1.87. The second-order valence-corrected chi connectivity index (χ2v) is 5.04. The lowest BCUT2D eigenvalue weighted by atomic mass is 10.2. The highest BCUT2D eigenvalue weighted by Crippen LogP contribution is 2.16. The maximum absolute atomic E-state index is 11.7. The average Bonchev–Trinajstić information content (AvgIpc) is 2.94. The van der Waals surface area contributed by atoms with Gasteiger partial charge in [-0.15, -0.1) is 11.3 Å². The Morgan fingerprint density at radius 1 is 1.43 bits per heavy atom. The monoisotopic (exact) mass is 306 g/mol. The van der Waals surface area contributed by atoms with Crippen molar-refractivity contribution in [3.8, 4) is 5.75 Å². The molecule has 1 aromatic heterocycles. The zero-order chi connectivity index (χ0) is 15.2. The number of aromatic nitrogens is 1. The van der Waals surface area contributed by atoms with Gasteiger partial charge in [-0.3, -0.25) is 10.1 Å². The quantitative estimate of drug-likeness (QED) is 0.855. The second-order valence-electron chi connectivity index (χ2n) is 4.18. The molecule has 2 N–H and O–H groups in total. The molecule has 0 aliphatic carbocycles. The number of carbonyl (C=O) groups excluding carboxylic acids is 1. The van der Waals surface area contributed by atoms with Crippen LogP contribution in [0.4, 0.5) is 5.13 Å². The number of aromatic carboxylic acids is 1. The Bertz CT molecular complexity index is 654. The first-order valence-electron chi connectivity index (χ1n) is 6.29. The van der Waals surface area contributed by atoms with Gasteiger partial charge in [-0.25, -0.2) is 9.78 Å².